The Hall–Kier alpha value is -0.760. The van der Waals surface area contributed by atoms with E-state index in [1.807, 2.05) is 21.1 Å². The molecule has 0 heterocycles. The number of hydrogen-bond donors (Lipinski definition) is 0. The molecule has 8 nitrogen and oxygen atoms in total. The molecule has 292 valence electrons. The Kier molecular flexibility index (Phi) is 33.8. The monoisotopic (exact) mass is 718 g/mol. The highest BCUT2D eigenvalue weighted by atomic mass is 31.2. The van der Waals surface area contributed by atoms with Gasteiger partial charge in [-0.3, -0.25) is 9.36 Å². The summed E-state index contributed by atoms with van der Waals surface area (Å²) >= 11 is 0. The summed E-state index contributed by atoms with van der Waals surface area (Å²) in [7, 11) is 1.36. The molecule has 0 fully saturated rings. The summed E-state index contributed by atoms with van der Waals surface area (Å²) in [5, 5.41) is 0. The van der Waals surface area contributed by atoms with Crippen molar-refractivity contribution in [3.8, 4) is 0 Å². The molecule has 0 aromatic rings. The first kappa shape index (κ1) is 48.2. The quantitative estimate of drug-likeness (QED) is 0.0206. The van der Waals surface area contributed by atoms with Gasteiger partial charge in [0.05, 0.1) is 34.4 Å². The number of esters is 1. The van der Waals surface area contributed by atoms with Gasteiger partial charge in [0.2, 0.25) is 0 Å². The Morgan fingerprint density at radius 2 is 1.06 bits per heavy atom. The molecule has 0 aliphatic heterocycles. The number of nitrogens with zero attached hydrogens (tertiary/aromatic N) is 1. The number of phosphoric acid groups is 1. The van der Waals surface area contributed by atoms with Gasteiger partial charge in [-0.25, -0.2) is 0 Å². The summed E-state index contributed by atoms with van der Waals surface area (Å²) in [5.74, 6) is -0.340. The molecule has 0 rings (SSSR count). The van der Waals surface area contributed by atoms with Crippen LogP contribution in [0.1, 0.15) is 181 Å². The second-order valence-electron chi connectivity index (χ2n) is 15.0. The van der Waals surface area contributed by atoms with Crippen molar-refractivity contribution < 1.29 is 37.3 Å². The highest BCUT2D eigenvalue weighted by molar-refractivity contribution is 7.45. The Bertz CT molecular complexity index is 802. The van der Waals surface area contributed by atoms with Crippen LogP contribution in [0.25, 0.3) is 0 Å². The second-order valence-corrected chi connectivity index (χ2v) is 16.4. The van der Waals surface area contributed by atoms with Gasteiger partial charge in [-0.05, 0) is 38.5 Å². The van der Waals surface area contributed by atoms with Crippen molar-refractivity contribution >= 4 is 13.8 Å². The number of quaternary nitrogens is 1. The summed E-state index contributed by atoms with van der Waals surface area (Å²) in [6.07, 6.45) is 35.2. The van der Waals surface area contributed by atoms with E-state index in [1.54, 1.807) is 0 Å². The standard InChI is InChI=1S/C40H80NO7P/c1-6-8-10-12-14-15-16-17-18-19-20-21-22-23-24-25-26-28-30-32-35-45-37-39(38-47-49(43,44)46-36-34-41(3,4)5)48-40(42)33-31-29-27-13-11-9-7-2/h17-18,39H,6-16,19-38H2,1-5H3/b18-17-. The molecule has 0 aromatic heterocycles. The molecule has 0 aliphatic carbocycles. The van der Waals surface area contributed by atoms with E-state index in [-0.39, 0.29) is 25.8 Å². The zero-order valence-corrected chi connectivity index (χ0v) is 33.8. The maximum atomic E-state index is 12.5. The van der Waals surface area contributed by atoms with Crippen molar-refractivity contribution in [3.05, 3.63) is 12.2 Å². The number of phosphoric ester groups is 1. The molecule has 9 heteroatoms. The van der Waals surface area contributed by atoms with Gasteiger partial charge in [-0.1, -0.05) is 148 Å². The number of hydrogen-bond acceptors (Lipinski definition) is 7. The lowest BCUT2D eigenvalue weighted by atomic mass is 10.1. The van der Waals surface area contributed by atoms with Crippen molar-refractivity contribution in [3.63, 3.8) is 0 Å². The smallest absolute Gasteiger partial charge is 0.306 e. The summed E-state index contributed by atoms with van der Waals surface area (Å²) in [6.45, 7) is 5.38. The third-order valence-electron chi connectivity index (χ3n) is 8.82. The van der Waals surface area contributed by atoms with E-state index in [0.29, 0.717) is 24.1 Å². The third kappa shape index (κ3) is 38.3. The number of ether oxygens (including phenoxy) is 2. The number of carbonyl (C=O) groups is 1. The topological polar surface area (TPSA) is 94.1 Å². The van der Waals surface area contributed by atoms with E-state index in [2.05, 4.69) is 26.0 Å². The van der Waals surface area contributed by atoms with Crippen LogP contribution < -0.4 is 4.89 Å². The van der Waals surface area contributed by atoms with Crippen LogP contribution in [-0.2, 0) is 27.9 Å². The molecular formula is C40H80NO7P. The van der Waals surface area contributed by atoms with Crippen molar-refractivity contribution in [1.82, 2.24) is 0 Å². The fourth-order valence-electron chi connectivity index (χ4n) is 5.60. The lowest BCUT2D eigenvalue weighted by Crippen LogP contribution is -2.37. The van der Waals surface area contributed by atoms with E-state index in [9.17, 15) is 14.3 Å². The molecule has 0 aromatic carbocycles. The molecule has 0 radical (unpaired) electrons. The van der Waals surface area contributed by atoms with E-state index in [4.69, 9.17) is 18.5 Å². The van der Waals surface area contributed by atoms with Crippen LogP contribution in [0.4, 0.5) is 0 Å². The van der Waals surface area contributed by atoms with E-state index in [0.717, 1.165) is 32.1 Å². The zero-order chi connectivity index (χ0) is 36.3. The van der Waals surface area contributed by atoms with E-state index in [1.165, 1.54) is 128 Å². The Morgan fingerprint density at radius 1 is 0.612 bits per heavy atom. The van der Waals surface area contributed by atoms with Crippen molar-refractivity contribution in [2.45, 2.75) is 187 Å². The number of unbranched alkanes of at least 4 members (excludes halogenated alkanes) is 22. The van der Waals surface area contributed by atoms with Gasteiger partial charge in [-0.2, -0.15) is 0 Å². The minimum atomic E-state index is -4.51. The van der Waals surface area contributed by atoms with E-state index >= 15 is 0 Å². The molecule has 2 atom stereocenters. The highest BCUT2D eigenvalue weighted by Gasteiger charge is 2.20. The van der Waals surface area contributed by atoms with Gasteiger partial charge in [-0.15, -0.1) is 0 Å². The lowest BCUT2D eigenvalue weighted by Gasteiger charge is -2.28. The predicted molar refractivity (Wildman–Crippen MR) is 204 cm³/mol. The number of likely N-dealkylation sites (N-methyl/N-ethyl adjacent to an activating group) is 1. The van der Waals surface area contributed by atoms with Crippen LogP contribution >= 0.6 is 7.82 Å². The Labute approximate surface area is 303 Å². The molecule has 0 aliphatic rings. The van der Waals surface area contributed by atoms with Crippen molar-refractivity contribution in [2.75, 3.05) is 54.1 Å². The minimum Gasteiger partial charge on any atom is -0.756 e. The van der Waals surface area contributed by atoms with Crippen LogP contribution in [0, 0.1) is 0 Å². The first-order chi connectivity index (χ1) is 23.6. The van der Waals surface area contributed by atoms with Gasteiger partial charge in [0.15, 0.2) is 0 Å². The minimum absolute atomic E-state index is 0.0285. The molecule has 0 amide bonds. The molecule has 2 unspecified atom stereocenters. The lowest BCUT2D eigenvalue weighted by molar-refractivity contribution is -0.870. The summed E-state index contributed by atoms with van der Waals surface area (Å²) in [4.78, 5) is 24.8. The van der Waals surface area contributed by atoms with Crippen LogP contribution in [-0.4, -0.2) is 70.7 Å². The number of carbonyl (C=O) groups excluding carboxylic acids is 1. The maximum absolute atomic E-state index is 12.5. The highest BCUT2D eigenvalue weighted by Crippen LogP contribution is 2.38. The SMILES string of the molecule is CCCCCCCC/C=C\CCCCCCCCCCCCOCC(COP(=O)([O-])OCC[N+](C)(C)C)OC(=O)CCCCCCCCC. The molecule has 0 bridgehead atoms. The maximum Gasteiger partial charge on any atom is 0.306 e. The van der Waals surface area contributed by atoms with Crippen LogP contribution in [0.5, 0.6) is 0 Å². The summed E-state index contributed by atoms with van der Waals surface area (Å²) < 4.78 is 34.4. The van der Waals surface area contributed by atoms with Gasteiger partial charge in [0.1, 0.15) is 19.3 Å². The average molecular weight is 718 g/mol. The first-order valence-electron chi connectivity index (χ1n) is 20.4. The molecule has 0 saturated heterocycles. The van der Waals surface area contributed by atoms with E-state index < -0.39 is 13.9 Å². The fourth-order valence-corrected chi connectivity index (χ4v) is 6.33. The van der Waals surface area contributed by atoms with Crippen molar-refractivity contribution in [2.24, 2.45) is 0 Å². The fraction of sp³-hybridized carbons (Fsp3) is 0.925. The Balaban J connectivity index is 4.07. The third-order valence-corrected chi connectivity index (χ3v) is 9.78. The average Bonchev–Trinajstić information content (AvgIpc) is 3.04. The normalized spacial score (nSPS) is 14.0. The molecule has 0 N–H and O–H groups in total. The van der Waals surface area contributed by atoms with Crippen LogP contribution in [0.2, 0.25) is 0 Å². The first-order valence-corrected chi connectivity index (χ1v) is 21.9. The van der Waals surface area contributed by atoms with Gasteiger partial charge in [0, 0.05) is 13.0 Å². The largest absolute Gasteiger partial charge is 0.756 e. The molecular weight excluding hydrogens is 637 g/mol. The van der Waals surface area contributed by atoms with Crippen LogP contribution in [0.15, 0.2) is 12.2 Å². The Morgan fingerprint density at radius 3 is 1.55 bits per heavy atom. The summed E-state index contributed by atoms with van der Waals surface area (Å²) in [5.41, 5.74) is 0. The second kappa shape index (κ2) is 34.3. The van der Waals surface area contributed by atoms with Crippen LogP contribution in [0.3, 0.4) is 0 Å². The van der Waals surface area contributed by atoms with Gasteiger partial charge >= 0.3 is 5.97 Å². The van der Waals surface area contributed by atoms with Crippen molar-refractivity contribution in [1.29, 1.82) is 0 Å². The predicted octanol–water partition coefficient (Wildman–Crippen LogP) is 10.9. The number of rotatable bonds is 38. The molecule has 0 saturated carbocycles. The molecule has 49 heavy (non-hydrogen) atoms. The van der Waals surface area contributed by atoms with Gasteiger partial charge < -0.3 is 27.9 Å². The number of allylic oxidation sites excluding steroid dienone is 2. The summed E-state index contributed by atoms with van der Waals surface area (Å²) in [6, 6.07) is 0. The zero-order valence-electron chi connectivity index (χ0n) is 32.9. The van der Waals surface area contributed by atoms with Gasteiger partial charge in [0.25, 0.3) is 7.82 Å². The molecule has 0 spiro atoms.